The molecule has 2 N–H and O–H groups in total. The summed E-state index contributed by atoms with van der Waals surface area (Å²) < 4.78 is 26.6. The lowest BCUT2D eigenvalue weighted by atomic mass is 9.98. The maximum atomic E-state index is 12.0. The summed E-state index contributed by atoms with van der Waals surface area (Å²) in [5.41, 5.74) is 2.23. The van der Waals surface area contributed by atoms with E-state index in [1.807, 2.05) is 0 Å². The fourth-order valence-corrected chi connectivity index (χ4v) is 3.47. The van der Waals surface area contributed by atoms with Gasteiger partial charge in [0.15, 0.2) is 0 Å². The van der Waals surface area contributed by atoms with Crippen LogP contribution in [0.3, 0.4) is 0 Å². The number of carbonyl (C=O) groups is 1. The summed E-state index contributed by atoms with van der Waals surface area (Å²) in [4.78, 5) is 12.0. The Morgan fingerprint density at radius 2 is 1.85 bits per heavy atom. The Morgan fingerprint density at radius 3 is 2.41 bits per heavy atom. The first-order chi connectivity index (χ1) is 12.6. The van der Waals surface area contributed by atoms with E-state index in [1.165, 1.54) is 24.1 Å². The first-order valence-electron chi connectivity index (χ1n) is 7.79. The molecule has 1 aliphatic rings. The molecule has 0 spiro atoms. The van der Waals surface area contributed by atoms with Crippen LogP contribution in [0.5, 0.6) is 5.75 Å². The van der Waals surface area contributed by atoms with Crippen molar-refractivity contribution in [3.05, 3.63) is 63.6 Å². The monoisotopic (exact) mass is 427 g/mol. The van der Waals surface area contributed by atoms with Crippen molar-refractivity contribution in [3.8, 4) is 5.75 Å². The summed E-state index contributed by atoms with van der Waals surface area (Å²) in [6, 6.07) is 11.1. The van der Waals surface area contributed by atoms with Crippen LogP contribution in [0.2, 0.25) is 10.0 Å². The van der Waals surface area contributed by atoms with E-state index < -0.39 is 10.3 Å². The van der Waals surface area contributed by atoms with Gasteiger partial charge in [-0.2, -0.15) is 18.7 Å². The molecule has 0 bridgehead atoms. The molecular formula is C17H15Cl2N3O4S. The molecule has 1 heterocycles. The average Bonchev–Trinajstić information content (AvgIpc) is 3.02. The van der Waals surface area contributed by atoms with E-state index in [9.17, 15) is 13.2 Å². The van der Waals surface area contributed by atoms with Gasteiger partial charge < -0.3 is 4.18 Å². The maximum Gasteiger partial charge on any atom is 0.380 e. The molecule has 10 heteroatoms. The second kappa shape index (κ2) is 7.47. The van der Waals surface area contributed by atoms with E-state index in [0.717, 1.165) is 11.1 Å². The largest absolute Gasteiger partial charge is 0.380 e. The smallest absolute Gasteiger partial charge is 0.371 e. The molecule has 7 nitrogen and oxygen atoms in total. The third-order valence-electron chi connectivity index (χ3n) is 3.96. The molecule has 0 aromatic heterocycles. The molecule has 0 saturated heterocycles. The minimum absolute atomic E-state index is 0.0826. The average molecular weight is 428 g/mol. The molecule has 0 saturated carbocycles. The van der Waals surface area contributed by atoms with Crippen LogP contribution >= 0.6 is 23.2 Å². The summed E-state index contributed by atoms with van der Waals surface area (Å²) in [6.45, 7) is 1.42. The Morgan fingerprint density at radius 1 is 1.19 bits per heavy atom. The summed E-state index contributed by atoms with van der Waals surface area (Å²) in [5, 5.41) is 11.5. The molecule has 0 fully saturated rings. The first-order valence-corrected chi connectivity index (χ1v) is 10.0. The second-order valence-corrected chi connectivity index (χ2v) is 7.87. The maximum absolute atomic E-state index is 12.0. The Kier molecular flexibility index (Phi) is 5.43. The molecular weight excluding hydrogens is 413 g/mol. The molecule has 27 heavy (non-hydrogen) atoms. The number of rotatable bonds is 4. The van der Waals surface area contributed by atoms with Gasteiger partial charge in [0.2, 0.25) is 5.91 Å². The number of nitrogens with two attached hydrogens (primary N) is 1. The predicted molar refractivity (Wildman–Crippen MR) is 103 cm³/mol. The normalized spacial score (nSPS) is 17.0. The van der Waals surface area contributed by atoms with E-state index in [-0.39, 0.29) is 17.7 Å². The lowest BCUT2D eigenvalue weighted by molar-refractivity contribution is -0.130. The minimum atomic E-state index is -4.10. The number of hydrazone groups is 1. The molecule has 2 aromatic rings. The Balaban J connectivity index is 1.88. The fraction of sp³-hybridized carbons (Fsp3) is 0.176. The molecule has 1 aliphatic heterocycles. The van der Waals surface area contributed by atoms with Gasteiger partial charge in [0, 0.05) is 13.3 Å². The number of hydrogen-bond donors (Lipinski definition) is 1. The van der Waals surface area contributed by atoms with Crippen LogP contribution < -0.4 is 9.32 Å². The van der Waals surface area contributed by atoms with E-state index in [4.69, 9.17) is 28.3 Å². The third-order valence-corrected chi connectivity index (χ3v) is 5.13. The summed E-state index contributed by atoms with van der Waals surface area (Å²) in [6.07, 6.45) is 0.465. The first kappa shape index (κ1) is 19.6. The number of nitrogens with zero attached hydrogens (tertiary/aromatic N) is 2. The quantitative estimate of drug-likeness (QED) is 0.808. The number of carbonyl (C=O) groups excluding carboxylic acids is 1. The molecule has 1 unspecified atom stereocenters. The highest BCUT2D eigenvalue weighted by molar-refractivity contribution is 7.84. The van der Waals surface area contributed by atoms with Gasteiger partial charge in [0.25, 0.3) is 0 Å². The van der Waals surface area contributed by atoms with Crippen molar-refractivity contribution < 1.29 is 17.4 Å². The van der Waals surface area contributed by atoms with Gasteiger partial charge in [-0.15, -0.1) is 0 Å². The van der Waals surface area contributed by atoms with Crippen LogP contribution in [-0.2, 0) is 15.1 Å². The van der Waals surface area contributed by atoms with Crippen LogP contribution in [0.1, 0.15) is 30.5 Å². The third kappa shape index (κ3) is 4.59. The predicted octanol–water partition coefficient (Wildman–Crippen LogP) is 3.27. The van der Waals surface area contributed by atoms with E-state index >= 15 is 0 Å². The summed E-state index contributed by atoms with van der Waals surface area (Å²) >= 11 is 12.0. The molecule has 0 aliphatic carbocycles. The van der Waals surface area contributed by atoms with Gasteiger partial charge in [0.1, 0.15) is 5.75 Å². The molecule has 142 valence electrons. The zero-order chi connectivity index (χ0) is 19.8. The minimum Gasteiger partial charge on any atom is -0.371 e. The van der Waals surface area contributed by atoms with E-state index in [0.29, 0.717) is 22.2 Å². The number of halogens is 2. The molecule has 3 rings (SSSR count). The topological polar surface area (TPSA) is 102 Å². The van der Waals surface area contributed by atoms with Crippen LogP contribution in [0.4, 0.5) is 0 Å². The number of hydrogen-bond acceptors (Lipinski definition) is 5. The molecule has 0 radical (unpaired) electrons. The van der Waals surface area contributed by atoms with Crippen LogP contribution in [0, 0.1) is 0 Å². The highest BCUT2D eigenvalue weighted by atomic mass is 35.5. The SMILES string of the molecule is CC(=O)N1N=C(c2ccc(Cl)c(Cl)c2)CC1c1ccc(OS(N)(=O)=O)cc1. The van der Waals surface area contributed by atoms with Crippen LogP contribution in [0.15, 0.2) is 47.6 Å². The van der Waals surface area contributed by atoms with Crippen molar-refractivity contribution in [1.82, 2.24) is 5.01 Å². The van der Waals surface area contributed by atoms with Crippen molar-refractivity contribution in [3.63, 3.8) is 0 Å². The van der Waals surface area contributed by atoms with Crippen molar-refractivity contribution >= 4 is 45.1 Å². The van der Waals surface area contributed by atoms with Crippen molar-refractivity contribution in [2.24, 2.45) is 10.2 Å². The summed E-state index contributed by atoms with van der Waals surface area (Å²) in [5.74, 6) is -0.140. The second-order valence-electron chi connectivity index (χ2n) is 5.90. The lowest BCUT2D eigenvalue weighted by Gasteiger charge is -2.20. The van der Waals surface area contributed by atoms with Gasteiger partial charge in [-0.3, -0.25) is 4.79 Å². The zero-order valence-corrected chi connectivity index (χ0v) is 16.4. The Hall–Kier alpha value is -2.13. The summed E-state index contributed by atoms with van der Waals surface area (Å²) in [7, 11) is -4.10. The Bertz CT molecular complexity index is 1020. The van der Waals surface area contributed by atoms with Gasteiger partial charge >= 0.3 is 10.3 Å². The highest BCUT2D eigenvalue weighted by Crippen LogP contribution is 2.34. The zero-order valence-electron chi connectivity index (χ0n) is 14.1. The van der Waals surface area contributed by atoms with Crippen LogP contribution in [-0.4, -0.2) is 25.0 Å². The number of amides is 1. The molecule has 2 aromatic carbocycles. The number of benzene rings is 2. The fourth-order valence-electron chi connectivity index (χ4n) is 2.79. The van der Waals surface area contributed by atoms with Crippen LogP contribution in [0.25, 0.3) is 0 Å². The van der Waals surface area contributed by atoms with Crippen molar-refractivity contribution in [2.75, 3.05) is 0 Å². The van der Waals surface area contributed by atoms with Crippen molar-refractivity contribution in [1.29, 1.82) is 0 Å². The standard InChI is InChI=1S/C17H15Cl2N3O4S/c1-10(23)22-17(11-2-5-13(6-3-11)26-27(20,24)25)9-16(21-22)12-4-7-14(18)15(19)8-12/h2-8,17H,9H2,1H3,(H2,20,24,25). The Labute approximate surface area is 166 Å². The van der Waals surface area contributed by atoms with E-state index in [1.54, 1.807) is 30.3 Å². The van der Waals surface area contributed by atoms with Crippen molar-refractivity contribution in [2.45, 2.75) is 19.4 Å². The molecule has 1 amide bonds. The van der Waals surface area contributed by atoms with Gasteiger partial charge in [-0.05, 0) is 35.4 Å². The lowest BCUT2D eigenvalue weighted by Crippen LogP contribution is -2.24. The van der Waals surface area contributed by atoms with Gasteiger partial charge in [0.05, 0.1) is 21.8 Å². The molecule has 1 atom stereocenters. The van der Waals surface area contributed by atoms with E-state index in [2.05, 4.69) is 9.28 Å². The van der Waals surface area contributed by atoms with Gasteiger partial charge in [-0.25, -0.2) is 5.01 Å². The highest BCUT2D eigenvalue weighted by Gasteiger charge is 2.31. The van der Waals surface area contributed by atoms with Gasteiger partial charge in [-0.1, -0.05) is 41.4 Å².